The number of likely N-dealkylation sites (tertiary alicyclic amines) is 1. The molecule has 4 nitrogen and oxygen atoms in total. The Bertz CT molecular complexity index is 269. The van der Waals surface area contributed by atoms with Gasteiger partial charge in [0, 0.05) is 24.7 Å². The van der Waals surface area contributed by atoms with E-state index in [0.29, 0.717) is 12.6 Å². The Kier molecular flexibility index (Phi) is 5.60. The minimum Gasteiger partial charge on any atom is -0.340 e. The van der Waals surface area contributed by atoms with Crippen molar-refractivity contribution in [2.45, 2.75) is 52.6 Å². The van der Waals surface area contributed by atoms with Gasteiger partial charge in [0.2, 0.25) is 5.91 Å². The van der Waals surface area contributed by atoms with Gasteiger partial charge in [0.15, 0.2) is 0 Å². The number of carbonyl (C=O) groups excluding carboxylic acids is 1. The van der Waals surface area contributed by atoms with Crippen molar-refractivity contribution in [3.63, 3.8) is 0 Å². The van der Waals surface area contributed by atoms with E-state index in [2.05, 4.69) is 44.8 Å². The van der Waals surface area contributed by atoms with Crippen molar-refractivity contribution < 1.29 is 4.79 Å². The average Bonchev–Trinajstić information content (AvgIpc) is 2.76. The summed E-state index contributed by atoms with van der Waals surface area (Å²) in [6, 6.07) is 0.554. The van der Waals surface area contributed by atoms with Crippen LogP contribution in [0.15, 0.2) is 0 Å². The fourth-order valence-electron chi connectivity index (χ4n) is 2.46. The van der Waals surface area contributed by atoms with Crippen molar-refractivity contribution in [2.24, 2.45) is 0 Å². The minimum atomic E-state index is 0.00760. The maximum atomic E-state index is 12.1. The first-order valence-corrected chi connectivity index (χ1v) is 7.14. The fourth-order valence-corrected chi connectivity index (χ4v) is 2.46. The molecule has 1 aliphatic heterocycles. The molecule has 0 aromatic rings. The lowest BCUT2D eigenvalue weighted by atomic mass is 10.1. The van der Waals surface area contributed by atoms with Crippen molar-refractivity contribution in [1.82, 2.24) is 15.1 Å². The van der Waals surface area contributed by atoms with Crippen LogP contribution in [0, 0.1) is 0 Å². The topological polar surface area (TPSA) is 35.6 Å². The van der Waals surface area contributed by atoms with Gasteiger partial charge >= 0.3 is 0 Å². The first-order valence-electron chi connectivity index (χ1n) is 7.14. The molecule has 1 heterocycles. The van der Waals surface area contributed by atoms with Crippen molar-refractivity contribution in [2.75, 3.05) is 32.7 Å². The Morgan fingerprint density at radius 2 is 1.94 bits per heavy atom. The second-order valence-corrected chi connectivity index (χ2v) is 6.11. The van der Waals surface area contributed by atoms with Gasteiger partial charge in [-0.15, -0.1) is 0 Å². The molecule has 0 aliphatic carbocycles. The van der Waals surface area contributed by atoms with Gasteiger partial charge in [-0.05, 0) is 40.3 Å². The molecule has 0 radical (unpaired) electrons. The largest absolute Gasteiger partial charge is 0.340 e. The second kappa shape index (κ2) is 6.53. The molecule has 1 fully saturated rings. The highest BCUT2D eigenvalue weighted by Gasteiger charge is 2.29. The summed E-state index contributed by atoms with van der Waals surface area (Å²) in [5.41, 5.74) is 0.00760. The molecule has 1 saturated heterocycles. The summed E-state index contributed by atoms with van der Waals surface area (Å²) in [5, 5.41) is 3.27. The first kappa shape index (κ1) is 15.4. The zero-order valence-corrected chi connectivity index (χ0v) is 12.6. The summed E-state index contributed by atoms with van der Waals surface area (Å²) >= 11 is 0. The molecule has 4 heteroatoms. The summed E-state index contributed by atoms with van der Waals surface area (Å²) in [7, 11) is 0. The molecule has 0 bridgehead atoms. The molecule has 1 aliphatic rings. The number of amides is 1. The van der Waals surface area contributed by atoms with E-state index < -0.39 is 0 Å². The zero-order valence-electron chi connectivity index (χ0n) is 12.6. The Hall–Kier alpha value is -0.610. The van der Waals surface area contributed by atoms with Crippen LogP contribution in [0.25, 0.3) is 0 Å². The normalized spacial score (nSPS) is 20.8. The second-order valence-electron chi connectivity index (χ2n) is 6.11. The van der Waals surface area contributed by atoms with E-state index in [9.17, 15) is 4.79 Å². The van der Waals surface area contributed by atoms with Crippen LogP contribution >= 0.6 is 0 Å². The molecular formula is C14H29N3O. The van der Waals surface area contributed by atoms with E-state index >= 15 is 0 Å². The Labute approximate surface area is 112 Å². The van der Waals surface area contributed by atoms with Gasteiger partial charge in [0.05, 0.1) is 6.54 Å². The molecule has 18 heavy (non-hydrogen) atoms. The van der Waals surface area contributed by atoms with Crippen molar-refractivity contribution in [3.8, 4) is 0 Å². The molecular weight excluding hydrogens is 226 g/mol. The number of rotatable bonds is 5. The molecule has 106 valence electrons. The minimum absolute atomic E-state index is 0.00760. The number of likely N-dealkylation sites (N-methyl/N-ethyl adjacent to an activating group) is 1. The number of nitrogens with zero attached hydrogens (tertiary/aromatic N) is 2. The van der Waals surface area contributed by atoms with Gasteiger partial charge in [0.25, 0.3) is 0 Å². The van der Waals surface area contributed by atoms with E-state index in [1.165, 1.54) is 0 Å². The average molecular weight is 255 g/mol. The van der Waals surface area contributed by atoms with Crippen LogP contribution in [0.3, 0.4) is 0 Å². The highest BCUT2D eigenvalue weighted by Crippen LogP contribution is 2.15. The Morgan fingerprint density at radius 3 is 2.44 bits per heavy atom. The lowest BCUT2D eigenvalue weighted by molar-refractivity contribution is -0.129. The molecule has 1 unspecified atom stereocenters. The summed E-state index contributed by atoms with van der Waals surface area (Å²) in [6.45, 7) is 15.0. The molecule has 1 N–H and O–H groups in total. The zero-order chi connectivity index (χ0) is 13.8. The molecule has 0 aromatic heterocycles. The fraction of sp³-hybridized carbons (Fsp3) is 0.929. The van der Waals surface area contributed by atoms with Crippen molar-refractivity contribution >= 4 is 5.91 Å². The smallest absolute Gasteiger partial charge is 0.236 e. The predicted octanol–water partition coefficient (Wildman–Crippen LogP) is 1.32. The highest BCUT2D eigenvalue weighted by atomic mass is 16.2. The third-order valence-corrected chi connectivity index (χ3v) is 3.61. The van der Waals surface area contributed by atoms with Gasteiger partial charge in [-0.2, -0.15) is 0 Å². The SMILES string of the molecule is CCN(CC)C1CCN(C(=O)CNC(C)(C)C)C1. The summed E-state index contributed by atoms with van der Waals surface area (Å²) < 4.78 is 0. The van der Waals surface area contributed by atoms with Gasteiger partial charge in [-0.25, -0.2) is 0 Å². The lowest BCUT2D eigenvalue weighted by Gasteiger charge is -2.27. The molecule has 1 rings (SSSR count). The standard InChI is InChI=1S/C14H29N3O/c1-6-16(7-2)12-8-9-17(11-12)13(18)10-15-14(3,4)5/h12,15H,6-11H2,1-5H3. The van der Waals surface area contributed by atoms with Crippen LogP contribution in [-0.4, -0.2) is 60.0 Å². The summed E-state index contributed by atoms with van der Waals surface area (Å²) in [4.78, 5) is 16.5. The number of hydrogen-bond donors (Lipinski definition) is 1. The quantitative estimate of drug-likeness (QED) is 0.805. The Balaban J connectivity index is 2.39. The Morgan fingerprint density at radius 1 is 1.33 bits per heavy atom. The predicted molar refractivity (Wildman–Crippen MR) is 75.7 cm³/mol. The van der Waals surface area contributed by atoms with Crippen molar-refractivity contribution in [1.29, 1.82) is 0 Å². The first-order chi connectivity index (χ1) is 8.37. The third kappa shape index (κ3) is 4.58. The van der Waals surface area contributed by atoms with Gasteiger partial charge in [0.1, 0.15) is 0 Å². The van der Waals surface area contributed by atoms with Crippen LogP contribution in [0.1, 0.15) is 41.0 Å². The van der Waals surface area contributed by atoms with E-state index in [1.54, 1.807) is 0 Å². The van der Waals surface area contributed by atoms with E-state index in [4.69, 9.17) is 0 Å². The highest BCUT2D eigenvalue weighted by molar-refractivity contribution is 5.78. The molecule has 0 spiro atoms. The maximum Gasteiger partial charge on any atom is 0.236 e. The summed E-state index contributed by atoms with van der Waals surface area (Å²) in [5.74, 6) is 0.236. The lowest BCUT2D eigenvalue weighted by Crippen LogP contribution is -2.45. The molecule has 1 atom stereocenters. The van der Waals surface area contributed by atoms with Crippen LogP contribution < -0.4 is 5.32 Å². The van der Waals surface area contributed by atoms with E-state index in [0.717, 1.165) is 32.6 Å². The number of carbonyl (C=O) groups is 1. The van der Waals surface area contributed by atoms with E-state index in [1.807, 2.05) is 4.90 Å². The van der Waals surface area contributed by atoms with Crippen LogP contribution in [0.5, 0.6) is 0 Å². The van der Waals surface area contributed by atoms with Crippen LogP contribution in [-0.2, 0) is 4.79 Å². The van der Waals surface area contributed by atoms with Gasteiger partial charge < -0.3 is 10.2 Å². The molecule has 1 amide bonds. The third-order valence-electron chi connectivity index (χ3n) is 3.61. The van der Waals surface area contributed by atoms with Crippen molar-refractivity contribution in [3.05, 3.63) is 0 Å². The van der Waals surface area contributed by atoms with Crippen LogP contribution in [0.2, 0.25) is 0 Å². The van der Waals surface area contributed by atoms with Crippen LogP contribution in [0.4, 0.5) is 0 Å². The maximum absolute atomic E-state index is 12.1. The monoisotopic (exact) mass is 255 g/mol. The van der Waals surface area contributed by atoms with Gasteiger partial charge in [-0.1, -0.05) is 13.8 Å². The molecule has 0 aromatic carbocycles. The van der Waals surface area contributed by atoms with E-state index in [-0.39, 0.29) is 11.4 Å². The molecule has 0 saturated carbocycles. The number of hydrogen-bond acceptors (Lipinski definition) is 3. The van der Waals surface area contributed by atoms with Gasteiger partial charge in [-0.3, -0.25) is 9.69 Å². The number of nitrogens with one attached hydrogen (secondary N) is 1. The summed E-state index contributed by atoms with van der Waals surface area (Å²) in [6.07, 6.45) is 1.11.